The summed E-state index contributed by atoms with van der Waals surface area (Å²) in [5.41, 5.74) is 1.80. The van der Waals surface area contributed by atoms with Crippen molar-refractivity contribution in [1.82, 2.24) is 24.1 Å². The number of hydrogen-bond acceptors (Lipinski definition) is 5. The van der Waals surface area contributed by atoms with Crippen LogP contribution in [0.2, 0.25) is 0 Å². The lowest BCUT2D eigenvalue weighted by Crippen LogP contribution is -2.29. The van der Waals surface area contributed by atoms with Crippen LogP contribution in [0, 0.1) is 0 Å². The first-order valence-corrected chi connectivity index (χ1v) is 8.17. The van der Waals surface area contributed by atoms with Gasteiger partial charge in [-0.3, -0.25) is 19.3 Å². The molecular weight excluding hydrogens is 332 g/mol. The number of aryl methyl sites for hydroxylation is 2. The topological polar surface area (TPSA) is 88.8 Å². The number of hydrogen-bond donors (Lipinski definition) is 1. The quantitative estimate of drug-likeness (QED) is 0.599. The Labute approximate surface area is 148 Å². The third-order valence-electron chi connectivity index (χ3n) is 4.58. The van der Waals surface area contributed by atoms with E-state index in [-0.39, 0.29) is 0 Å². The maximum atomic E-state index is 12.2. The second-order valence-electron chi connectivity index (χ2n) is 6.31. The molecule has 132 valence electrons. The minimum absolute atomic E-state index is 0.360. The number of rotatable bonds is 3. The van der Waals surface area contributed by atoms with Gasteiger partial charge in [0.25, 0.3) is 5.56 Å². The number of pyridine rings is 1. The van der Waals surface area contributed by atoms with Crippen LogP contribution in [0.3, 0.4) is 0 Å². The van der Waals surface area contributed by atoms with E-state index in [1.54, 1.807) is 24.9 Å². The second kappa shape index (κ2) is 5.83. The lowest BCUT2D eigenvalue weighted by atomic mass is 10.1. The molecule has 0 aliphatic rings. The fourth-order valence-electron chi connectivity index (χ4n) is 3.26. The van der Waals surface area contributed by atoms with E-state index in [0.717, 1.165) is 16.5 Å². The van der Waals surface area contributed by atoms with Crippen molar-refractivity contribution in [2.24, 2.45) is 14.1 Å². The van der Waals surface area contributed by atoms with E-state index in [9.17, 15) is 9.59 Å². The number of nitrogens with zero attached hydrogens (tertiary/aromatic N) is 5. The first kappa shape index (κ1) is 16.1. The Morgan fingerprint density at radius 3 is 2.69 bits per heavy atom. The summed E-state index contributed by atoms with van der Waals surface area (Å²) in [5, 5.41) is 1.07. The van der Waals surface area contributed by atoms with Gasteiger partial charge in [-0.15, -0.1) is 0 Å². The van der Waals surface area contributed by atoms with Crippen molar-refractivity contribution < 1.29 is 0 Å². The van der Waals surface area contributed by atoms with Gasteiger partial charge in [-0.1, -0.05) is 24.3 Å². The molecular formula is C18H18N6O2. The van der Waals surface area contributed by atoms with Gasteiger partial charge in [0.05, 0.1) is 5.52 Å². The summed E-state index contributed by atoms with van der Waals surface area (Å²) in [5.74, 6) is 0.597. The number of H-pyrrole nitrogens is 1. The molecule has 0 atom stereocenters. The fraction of sp³-hybridized carbons (Fsp3) is 0.222. The van der Waals surface area contributed by atoms with E-state index in [1.807, 2.05) is 42.3 Å². The van der Waals surface area contributed by atoms with E-state index in [4.69, 9.17) is 0 Å². The van der Waals surface area contributed by atoms with Crippen molar-refractivity contribution in [3.63, 3.8) is 0 Å². The van der Waals surface area contributed by atoms with Gasteiger partial charge in [-0.25, -0.2) is 4.79 Å². The molecule has 4 aromatic rings. The zero-order valence-electron chi connectivity index (χ0n) is 14.7. The molecule has 1 aromatic carbocycles. The average molecular weight is 350 g/mol. The van der Waals surface area contributed by atoms with Gasteiger partial charge in [0.1, 0.15) is 0 Å². The van der Waals surface area contributed by atoms with Gasteiger partial charge in [0.2, 0.25) is 5.95 Å². The Bertz CT molecular complexity index is 1240. The molecule has 0 amide bonds. The number of fused-ring (bicyclic) bond motifs is 2. The van der Waals surface area contributed by atoms with Crippen molar-refractivity contribution in [1.29, 1.82) is 0 Å². The Kier molecular flexibility index (Phi) is 3.61. The molecule has 1 N–H and O–H groups in total. The molecule has 0 unspecified atom stereocenters. The second-order valence-corrected chi connectivity index (χ2v) is 6.31. The first-order chi connectivity index (χ1) is 12.5. The normalized spacial score (nSPS) is 11.3. The van der Waals surface area contributed by atoms with Crippen molar-refractivity contribution in [3.05, 3.63) is 62.9 Å². The summed E-state index contributed by atoms with van der Waals surface area (Å²) in [6, 6.07) is 9.98. The third-order valence-corrected chi connectivity index (χ3v) is 4.58. The molecule has 0 bridgehead atoms. The Hall–Kier alpha value is -3.42. The number of para-hydroxylation sites is 1. The van der Waals surface area contributed by atoms with Crippen LogP contribution in [0.25, 0.3) is 22.1 Å². The standard InChI is InChI=1S/C18H18N6O2/c1-22(10-12-7-4-6-11-8-5-9-19-13(11)12)17-20-15-14(23(17)2)16(25)21-18(26)24(15)3/h4-9H,10H2,1-3H3,(H,21,25,26). The van der Waals surface area contributed by atoms with Crippen LogP contribution >= 0.6 is 0 Å². The van der Waals surface area contributed by atoms with Crippen LogP contribution in [-0.4, -0.2) is 31.1 Å². The molecule has 0 radical (unpaired) electrons. The summed E-state index contributed by atoms with van der Waals surface area (Å²) in [4.78, 5) is 37.2. The number of imidazole rings is 1. The van der Waals surface area contributed by atoms with Gasteiger partial charge in [-0.2, -0.15) is 4.98 Å². The molecule has 8 nitrogen and oxygen atoms in total. The van der Waals surface area contributed by atoms with Gasteiger partial charge in [-0.05, 0) is 11.6 Å². The third kappa shape index (κ3) is 2.38. The summed E-state index contributed by atoms with van der Waals surface area (Å²) in [6.45, 7) is 0.567. The summed E-state index contributed by atoms with van der Waals surface area (Å²) in [6.07, 6.45) is 1.77. The maximum Gasteiger partial charge on any atom is 0.329 e. The van der Waals surface area contributed by atoms with Crippen molar-refractivity contribution in [2.45, 2.75) is 6.54 Å². The van der Waals surface area contributed by atoms with Gasteiger partial charge < -0.3 is 9.47 Å². The minimum Gasteiger partial charge on any atom is -0.341 e. The summed E-state index contributed by atoms with van der Waals surface area (Å²) < 4.78 is 3.04. The number of aromatic amines is 1. The molecule has 3 heterocycles. The number of anilines is 1. The molecule has 4 rings (SSSR count). The van der Waals surface area contributed by atoms with Gasteiger partial charge in [0.15, 0.2) is 11.2 Å². The maximum absolute atomic E-state index is 12.2. The Morgan fingerprint density at radius 2 is 1.88 bits per heavy atom. The van der Waals surface area contributed by atoms with Gasteiger partial charge >= 0.3 is 5.69 Å². The molecule has 0 spiro atoms. The zero-order chi connectivity index (χ0) is 18.4. The minimum atomic E-state index is -0.479. The Balaban J connectivity index is 1.82. The highest BCUT2D eigenvalue weighted by Crippen LogP contribution is 2.21. The highest BCUT2D eigenvalue weighted by atomic mass is 16.2. The summed E-state index contributed by atoms with van der Waals surface area (Å²) in [7, 11) is 5.25. The number of benzene rings is 1. The highest BCUT2D eigenvalue weighted by Gasteiger charge is 2.18. The Morgan fingerprint density at radius 1 is 1.12 bits per heavy atom. The zero-order valence-corrected chi connectivity index (χ0v) is 14.7. The fourth-order valence-corrected chi connectivity index (χ4v) is 3.26. The predicted octanol–water partition coefficient (Wildman–Crippen LogP) is 1.14. The highest BCUT2D eigenvalue weighted by molar-refractivity contribution is 5.82. The van der Waals surface area contributed by atoms with Crippen molar-refractivity contribution >= 4 is 28.0 Å². The molecule has 3 aromatic heterocycles. The van der Waals surface area contributed by atoms with Crippen LogP contribution in [-0.2, 0) is 20.6 Å². The van der Waals surface area contributed by atoms with Crippen molar-refractivity contribution in [2.75, 3.05) is 11.9 Å². The SMILES string of the molecule is CN(Cc1cccc2cccnc12)c1nc2c(c(=O)[nH]c(=O)n2C)n1C. The van der Waals surface area contributed by atoms with Crippen molar-refractivity contribution in [3.8, 4) is 0 Å². The molecule has 0 aliphatic carbocycles. The smallest absolute Gasteiger partial charge is 0.329 e. The van der Waals surface area contributed by atoms with Crippen LogP contribution in [0.1, 0.15) is 5.56 Å². The number of aromatic nitrogens is 5. The van der Waals surface area contributed by atoms with Crippen LogP contribution in [0.5, 0.6) is 0 Å². The van der Waals surface area contributed by atoms with Crippen LogP contribution in [0.15, 0.2) is 46.1 Å². The molecule has 0 saturated heterocycles. The molecule has 26 heavy (non-hydrogen) atoms. The summed E-state index contributed by atoms with van der Waals surface area (Å²) >= 11 is 0. The monoisotopic (exact) mass is 350 g/mol. The number of nitrogens with one attached hydrogen (secondary N) is 1. The molecule has 0 saturated carbocycles. The van der Waals surface area contributed by atoms with Crippen LogP contribution in [0.4, 0.5) is 5.95 Å². The van der Waals surface area contributed by atoms with Crippen LogP contribution < -0.4 is 16.1 Å². The lowest BCUT2D eigenvalue weighted by Gasteiger charge is -2.19. The van der Waals surface area contributed by atoms with E-state index < -0.39 is 11.2 Å². The van der Waals surface area contributed by atoms with E-state index >= 15 is 0 Å². The first-order valence-electron chi connectivity index (χ1n) is 8.17. The molecule has 8 heteroatoms. The largest absolute Gasteiger partial charge is 0.341 e. The predicted molar refractivity (Wildman–Crippen MR) is 100 cm³/mol. The lowest BCUT2D eigenvalue weighted by molar-refractivity contribution is 0.818. The molecule has 0 aliphatic heterocycles. The van der Waals surface area contributed by atoms with Gasteiger partial charge in [0, 0.05) is 39.3 Å². The van der Waals surface area contributed by atoms with E-state index in [0.29, 0.717) is 23.7 Å². The van der Waals surface area contributed by atoms with E-state index in [1.165, 1.54) is 4.57 Å². The average Bonchev–Trinajstić information content (AvgIpc) is 2.98. The molecule has 0 fully saturated rings. The van der Waals surface area contributed by atoms with E-state index in [2.05, 4.69) is 15.0 Å².